The van der Waals surface area contributed by atoms with E-state index < -0.39 is 4.92 Å². The van der Waals surface area contributed by atoms with E-state index in [1.165, 1.54) is 13.2 Å². The molecule has 0 aromatic heterocycles. The first-order chi connectivity index (χ1) is 8.11. The quantitative estimate of drug-likeness (QED) is 0.445. The van der Waals surface area contributed by atoms with Crippen molar-refractivity contribution in [1.29, 1.82) is 0 Å². The number of non-ortho nitro benzene ring substituents is 1. The minimum Gasteiger partial charge on any atom is -0.469 e. The molecule has 17 heavy (non-hydrogen) atoms. The molecule has 0 aliphatic heterocycles. The highest BCUT2D eigenvalue weighted by Gasteiger charge is 2.26. The normalized spacial score (nSPS) is 18.3. The number of carbonyl (C=O) groups excluding carboxylic acids is 1. The Balaban J connectivity index is 2.23. The van der Waals surface area contributed by atoms with Crippen LogP contribution in [0.4, 0.5) is 5.69 Å². The first-order valence-corrected chi connectivity index (χ1v) is 5.46. The Bertz CT molecular complexity index is 470. The van der Waals surface area contributed by atoms with Crippen molar-refractivity contribution in [1.82, 2.24) is 0 Å². The number of hydrogen-bond acceptors (Lipinski definition) is 4. The standard InChI is InChI=1S/C12H13NO4/c1-17-12(14)10-3-2-9-7-11(13(15)16)5-4-8(9)6-10/h4-5,7,10H,2-3,6H2,1H3. The number of aryl methyl sites for hydroxylation is 1. The molecule has 0 fully saturated rings. The van der Waals surface area contributed by atoms with Gasteiger partial charge in [-0.3, -0.25) is 14.9 Å². The molecule has 0 saturated heterocycles. The molecule has 0 amide bonds. The third kappa shape index (κ3) is 2.27. The van der Waals surface area contributed by atoms with Crippen LogP contribution in [0.15, 0.2) is 18.2 Å². The van der Waals surface area contributed by atoms with E-state index >= 15 is 0 Å². The molecule has 0 spiro atoms. The van der Waals surface area contributed by atoms with E-state index in [4.69, 9.17) is 4.74 Å². The van der Waals surface area contributed by atoms with Crippen molar-refractivity contribution in [3.8, 4) is 0 Å². The van der Waals surface area contributed by atoms with Crippen LogP contribution in [0.2, 0.25) is 0 Å². The summed E-state index contributed by atoms with van der Waals surface area (Å²) < 4.78 is 4.72. The van der Waals surface area contributed by atoms with Crippen LogP contribution >= 0.6 is 0 Å². The number of rotatable bonds is 2. The minimum atomic E-state index is -0.396. The van der Waals surface area contributed by atoms with Crippen molar-refractivity contribution in [2.24, 2.45) is 5.92 Å². The predicted octanol–water partition coefficient (Wildman–Crippen LogP) is 1.87. The molecule has 1 aliphatic carbocycles. The van der Waals surface area contributed by atoms with Gasteiger partial charge in [-0.1, -0.05) is 6.07 Å². The number of hydrogen-bond donors (Lipinski definition) is 0. The molecule has 1 atom stereocenters. The second-order valence-corrected chi connectivity index (χ2v) is 4.17. The molecule has 1 aliphatic rings. The molecule has 1 aromatic carbocycles. The lowest BCUT2D eigenvalue weighted by molar-refractivity contribution is -0.384. The lowest BCUT2D eigenvalue weighted by atomic mass is 9.84. The highest BCUT2D eigenvalue weighted by atomic mass is 16.6. The number of nitro groups is 1. The van der Waals surface area contributed by atoms with Crippen molar-refractivity contribution >= 4 is 11.7 Å². The first-order valence-electron chi connectivity index (χ1n) is 5.46. The summed E-state index contributed by atoms with van der Waals surface area (Å²) in [5, 5.41) is 10.6. The summed E-state index contributed by atoms with van der Waals surface area (Å²) in [4.78, 5) is 21.7. The maximum Gasteiger partial charge on any atom is 0.309 e. The largest absolute Gasteiger partial charge is 0.469 e. The monoisotopic (exact) mass is 235 g/mol. The molecule has 0 saturated carbocycles. The Kier molecular flexibility index (Phi) is 3.08. The Morgan fingerprint density at radius 1 is 1.47 bits per heavy atom. The van der Waals surface area contributed by atoms with Crippen LogP contribution in [-0.4, -0.2) is 18.0 Å². The molecular formula is C12H13NO4. The summed E-state index contributed by atoms with van der Waals surface area (Å²) in [5.41, 5.74) is 2.09. The maximum absolute atomic E-state index is 11.4. The van der Waals surface area contributed by atoms with Crippen molar-refractivity contribution < 1.29 is 14.5 Å². The highest BCUT2D eigenvalue weighted by molar-refractivity contribution is 5.73. The van der Waals surface area contributed by atoms with Gasteiger partial charge in [-0.05, 0) is 30.4 Å². The Hall–Kier alpha value is -1.91. The fourth-order valence-electron chi connectivity index (χ4n) is 2.22. The number of esters is 1. The molecular weight excluding hydrogens is 222 g/mol. The summed E-state index contributed by atoms with van der Waals surface area (Å²) in [5.74, 6) is -0.317. The lowest BCUT2D eigenvalue weighted by Gasteiger charge is -2.22. The lowest BCUT2D eigenvalue weighted by Crippen LogP contribution is -2.23. The molecule has 5 nitrogen and oxygen atoms in total. The number of carbonyl (C=O) groups is 1. The Labute approximate surface area is 98.5 Å². The predicted molar refractivity (Wildman–Crippen MR) is 60.6 cm³/mol. The molecule has 90 valence electrons. The molecule has 2 rings (SSSR count). The van der Waals surface area contributed by atoms with Crippen LogP contribution in [0.1, 0.15) is 17.5 Å². The second kappa shape index (κ2) is 4.53. The number of fused-ring (bicyclic) bond motifs is 1. The van der Waals surface area contributed by atoms with Gasteiger partial charge in [0.1, 0.15) is 0 Å². The van der Waals surface area contributed by atoms with Gasteiger partial charge >= 0.3 is 5.97 Å². The SMILES string of the molecule is COC(=O)C1CCc2cc([N+](=O)[O-])ccc2C1. The van der Waals surface area contributed by atoms with Crippen molar-refractivity contribution in [3.63, 3.8) is 0 Å². The van der Waals surface area contributed by atoms with E-state index in [2.05, 4.69) is 0 Å². The zero-order valence-corrected chi connectivity index (χ0v) is 9.51. The average molecular weight is 235 g/mol. The van der Waals surface area contributed by atoms with E-state index in [9.17, 15) is 14.9 Å². The van der Waals surface area contributed by atoms with E-state index in [0.29, 0.717) is 19.3 Å². The fraction of sp³-hybridized carbons (Fsp3) is 0.417. The van der Waals surface area contributed by atoms with Crippen molar-refractivity contribution in [3.05, 3.63) is 39.4 Å². The van der Waals surface area contributed by atoms with Gasteiger partial charge in [-0.25, -0.2) is 0 Å². The summed E-state index contributed by atoms with van der Waals surface area (Å²) in [6.07, 6.45) is 2.00. The van der Waals surface area contributed by atoms with Gasteiger partial charge in [0.05, 0.1) is 18.0 Å². The number of methoxy groups -OCH3 is 1. The van der Waals surface area contributed by atoms with Gasteiger partial charge < -0.3 is 4.74 Å². The molecule has 1 unspecified atom stereocenters. The van der Waals surface area contributed by atoms with E-state index in [1.807, 2.05) is 0 Å². The summed E-state index contributed by atoms with van der Waals surface area (Å²) in [6, 6.07) is 4.82. The van der Waals surface area contributed by atoms with Gasteiger partial charge in [-0.15, -0.1) is 0 Å². The molecule has 1 aromatic rings. The van der Waals surface area contributed by atoms with Gasteiger partial charge in [0.15, 0.2) is 0 Å². The molecule has 5 heteroatoms. The molecule has 0 N–H and O–H groups in total. The Morgan fingerprint density at radius 3 is 2.88 bits per heavy atom. The fourth-order valence-corrected chi connectivity index (χ4v) is 2.22. The number of nitrogens with zero attached hydrogens (tertiary/aromatic N) is 1. The zero-order chi connectivity index (χ0) is 12.4. The maximum atomic E-state index is 11.4. The third-order valence-electron chi connectivity index (χ3n) is 3.16. The molecule has 0 radical (unpaired) electrons. The Morgan fingerprint density at radius 2 is 2.24 bits per heavy atom. The van der Waals surface area contributed by atoms with Crippen LogP contribution in [-0.2, 0) is 22.4 Å². The molecule has 0 heterocycles. The topological polar surface area (TPSA) is 69.4 Å². The third-order valence-corrected chi connectivity index (χ3v) is 3.16. The minimum absolute atomic E-state index is 0.111. The highest BCUT2D eigenvalue weighted by Crippen LogP contribution is 2.29. The smallest absolute Gasteiger partial charge is 0.309 e. The van der Waals surface area contributed by atoms with Gasteiger partial charge in [0, 0.05) is 12.1 Å². The first kappa shape index (κ1) is 11.6. The van der Waals surface area contributed by atoms with Crippen LogP contribution in [0.3, 0.4) is 0 Å². The van der Waals surface area contributed by atoms with Crippen LogP contribution in [0.5, 0.6) is 0 Å². The number of ether oxygens (including phenoxy) is 1. The summed E-state index contributed by atoms with van der Waals surface area (Å²) in [7, 11) is 1.38. The van der Waals surface area contributed by atoms with E-state index in [1.54, 1.807) is 12.1 Å². The summed E-state index contributed by atoms with van der Waals surface area (Å²) in [6.45, 7) is 0. The number of benzene rings is 1. The zero-order valence-electron chi connectivity index (χ0n) is 9.51. The van der Waals surface area contributed by atoms with Crippen molar-refractivity contribution in [2.45, 2.75) is 19.3 Å². The summed E-state index contributed by atoms with van der Waals surface area (Å²) >= 11 is 0. The second-order valence-electron chi connectivity index (χ2n) is 4.17. The van der Waals surface area contributed by atoms with Gasteiger partial charge in [0.25, 0.3) is 5.69 Å². The average Bonchev–Trinajstić information content (AvgIpc) is 2.36. The number of nitro benzene ring substituents is 1. The van der Waals surface area contributed by atoms with Crippen molar-refractivity contribution in [2.75, 3.05) is 7.11 Å². The van der Waals surface area contributed by atoms with Crippen LogP contribution < -0.4 is 0 Å². The molecule has 0 bridgehead atoms. The van der Waals surface area contributed by atoms with Gasteiger partial charge in [0.2, 0.25) is 0 Å². The van der Waals surface area contributed by atoms with Crippen LogP contribution in [0.25, 0.3) is 0 Å². The van der Waals surface area contributed by atoms with E-state index in [-0.39, 0.29) is 17.6 Å². The van der Waals surface area contributed by atoms with E-state index in [0.717, 1.165) is 11.1 Å². The van der Waals surface area contributed by atoms with Crippen LogP contribution in [0, 0.1) is 16.0 Å². The van der Waals surface area contributed by atoms with Gasteiger partial charge in [-0.2, -0.15) is 0 Å².